The molecule has 3 N–H and O–H groups in total. The fourth-order valence-corrected chi connectivity index (χ4v) is 0.829. The molecule has 18 heavy (non-hydrogen) atoms. The fourth-order valence-electron chi connectivity index (χ4n) is 0.829. The lowest BCUT2D eigenvalue weighted by Gasteiger charge is -2.22. The third kappa shape index (κ3) is 3.89. The summed E-state index contributed by atoms with van der Waals surface area (Å²) in [5.41, 5.74) is -2.97. The Morgan fingerprint density at radius 1 is 1.78 bits per heavy atom. The van der Waals surface area contributed by atoms with Gasteiger partial charge in [-0.15, -0.1) is 11.6 Å². The maximum atomic E-state index is 13.5. The Labute approximate surface area is 101 Å². The molecule has 2 amide bonds. The Morgan fingerprint density at radius 2 is 2.33 bits per heavy atom. The molecule has 0 spiro atoms. The predicted octanol–water partition coefficient (Wildman–Crippen LogP) is -0.599. The van der Waals surface area contributed by atoms with E-state index in [-0.39, 0.29) is 6.61 Å². The van der Waals surface area contributed by atoms with Gasteiger partial charge in [-0.05, 0) is 0 Å². The lowest BCUT2D eigenvalue weighted by atomic mass is 10.0. The molecular weight excluding hydrogens is 249 g/mol. The minimum atomic E-state index is -2.97. The maximum Gasteiger partial charge on any atom is 0.351 e. The van der Waals surface area contributed by atoms with Crippen molar-refractivity contribution in [2.24, 2.45) is 9.98 Å². The molecule has 1 aliphatic rings. The first kappa shape index (κ1) is 15.6. The van der Waals surface area contributed by atoms with Crippen molar-refractivity contribution in [1.82, 2.24) is 5.32 Å². The van der Waals surface area contributed by atoms with Crippen molar-refractivity contribution in [3.05, 3.63) is 12.7 Å². The van der Waals surface area contributed by atoms with E-state index in [0.29, 0.717) is 0 Å². The summed E-state index contributed by atoms with van der Waals surface area (Å²) < 4.78 is 13.5. The highest BCUT2D eigenvalue weighted by Gasteiger charge is 2.48. The second kappa shape index (κ2) is 7.05. The van der Waals surface area contributed by atoms with Crippen LogP contribution in [0.4, 0.5) is 9.18 Å². The number of isocyanates is 1. The van der Waals surface area contributed by atoms with Crippen molar-refractivity contribution in [2.45, 2.75) is 5.67 Å². The molecule has 0 aromatic rings. The van der Waals surface area contributed by atoms with Crippen molar-refractivity contribution in [3.63, 3.8) is 0 Å². The molecule has 0 radical (unpaired) electrons. The fraction of sp³-hybridized carbons (Fsp3) is 0.333. The number of aliphatic hydroxyl groups is 1. The molecule has 0 aromatic heterocycles. The number of aliphatic hydroxyl groups excluding tert-OH is 1. The number of nitrogens with one attached hydrogen (secondary N) is 1. The van der Waals surface area contributed by atoms with Crippen LogP contribution in [0.25, 0.3) is 0 Å². The number of amides is 2. The molecule has 0 bridgehead atoms. The molecule has 1 heterocycles. The van der Waals surface area contributed by atoms with Crippen LogP contribution in [-0.2, 0) is 9.59 Å². The minimum Gasteiger partial charge on any atom is -0.478 e. The van der Waals surface area contributed by atoms with Crippen molar-refractivity contribution in [3.8, 4) is 0 Å². The molecule has 0 fully saturated rings. The van der Waals surface area contributed by atoms with Crippen LogP contribution in [0.1, 0.15) is 0 Å². The molecule has 0 saturated heterocycles. The highest BCUT2D eigenvalue weighted by Crippen LogP contribution is 2.17. The van der Waals surface area contributed by atoms with Gasteiger partial charge >= 0.3 is 12.0 Å². The van der Waals surface area contributed by atoms with Crippen molar-refractivity contribution in [2.75, 3.05) is 13.2 Å². The largest absolute Gasteiger partial charge is 0.478 e. The van der Waals surface area contributed by atoms with E-state index in [2.05, 4.69) is 16.6 Å². The van der Waals surface area contributed by atoms with E-state index in [1.54, 1.807) is 0 Å². The zero-order chi connectivity index (χ0) is 14.2. The number of hydrogen-bond donors (Lipinski definition) is 3. The summed E-state index contributed by atoms with van der Waals surface area (Å²) in [4.78, 5) is 36.6. The zero-order valence-electron chi connectivity index (χ0n) is 9.09. The van der Waals surface area contributed by atoms with E-state index in [9.17, 15) is 18.8 Å². The van der Waals surface area contributed by atoms with Gasteiger partial charge in [-0.2, -0.15) is 4.99 Å². The summed E-state index contributed by atoms with van der Waals surface area (Å²) in [6.07, 6.45) is 2.36. The van der Waals surface area contributed by atoms with Crippen LogP contribution in [0.2, 0.25) is 0 Å². The number of aliphatic carboxylic acids is 1. The molecule has 9 heteroatoms. The number of carbonyl (C=O) groups is 2. The topological polar surface area (TPSA) is 128 Å². The number of hydrogen-bond acceptors (Lipinski definition) is 5. The van der Waals surface area contributed by atoms with Gasteiger partial charge in [0, 0.05) is 0 Å². The van der Waals surface area contributed by atoms with Gasteiger partial charge in [0.1, 0.15) is 0 Å². The molecule has 8 nitrogen and oxygen atoms in total. The number of nitrogens with zero attached hydrogens (tertiary/aromatic N) is 2. The highest BCUT2D eigenvalue weighted by molar-refractivity contribution is 6.15. The van der Waals surface area contributed by atoms with Gasteiger partial charge in [0.05, 0.1) is 13.2 Å². The summed E-state index contributed by atoms with van der Waals surface area (Å²) >= 11 is 0. The van der Waals surface area contributed by atoms with Gasteiger partial charge in [0.2, 0.25) is 6.08 Å². The number of carboxylic acid groups (broad SMARTS) is 1. The molecule has 98 valence electrons. The lowest BCUT2D eigenvalue weighted by Crippen LogP contribution is -2.54. The quantitative estimate of drug-likeness (QED) is 0.346. The summed E-state index contributed by atoms with van der Waals surface area (Å²) in [6.45, 7) is 2.50. The van der Waals surface area contributed by atoms with Gasteiger partial charge in [-0.1, -0.05) is 6.08 Å². The lowest BCUT2D eigenvalue weighted by molar-refractivity contribution is -0.145. The van der Waals surface area contributed by atoms with Crippen LogP contribution in [-0.4, -0.2) is 52.9 Å². The Balaban J connectivity index is 0.000000631. The van der Waals surface area contributed by atoms with Crippen molar-refractivity contribution >= 4 is 23.9 Å². The van der Waals surface area contributed by atoms with E-state index < -0.39 is 30.0 Å². The standard InChI is InChI=1S/C6H4FN3O4.C3H6O/c7-6(4(12)13)1-8-5(14)10-3(6)9-2-11;1-2-3-4/h1H2,(H,8,14)(H,12,13);2,4H,1,3H2. The highest BCUT2D eigenvalue weighted by atomic mass is 19.1. The van der Waals surface area contributed by atoms with E-state index in [1.165, 1.54) is 6.08 Å². The summed E-state index contributed by atoms with van der Waals surface area (Å²) in [7, 11) is 0. The number of aliphatic imine (C=N–C) groups is 2. The average molecular weight is 259 g/mol. The first-order chi connectivity index (χ1) is 8.42. The molecule has 1 unspecified atom stereocenters. The van der Waals surface area contributed by atoms with Crippen molar-refractivity contribution in [1.29, 1.82) is 0 Å². The van der Waals surface area contributed by atoms with Crippen LogP contribution < -0.4 is 5.32 Å². The van der Waals surface area contributed by atoms with E-state index in [0.717, 1.165) is 6.08 Å². The van der Waals surface area contributed by atoms with Gasteiger partial charge in [0.15, 0.2) is 5.84 Å². The minimum absolute atomic E-state index is 0.0833. The van der Waals surface area contributed by atoms with Crippen LogP contribution in [0.5, 0.6) is 0 Å². The normalized spacial score (nSPS) is 21.4. The Bertz CT molecular complexity index is 430. The van der Waals surface area contributed by atoms with Gasteiger partial charge in [-0.3, -0.25) is 0 Å². The Morgan fingerprint density at radius 3 is 2.72 bits per heavy atom. The second-order valence-electron chi connectivity index (χ2n) is 2.87. The zero-order valence-corrected chi connectivity index (χ0v) is 9.09. The second-order valence-corrected chi connectivity index (χ2v) is 2.87. The summed E-state index contributed by atoms with van der Waals surface area (Å²) in [6, 6.07) is -0.950. The predicted molar refractivity (Wildman–Crippen MR) is 57.7 cm³/mol. The first-order valence-corrected chi connectivity index (χ1v) is 4.51. The number of urea groups is 1. The first-order valence-electron chi connectivity index (χ1n) is 4.51. The van der Waals surface area contributed by atoms with Gasteiger partial charge in [0.25, 0.3) is 5.67 Å². The number of rotatable bonds is 2. The van der Waals surface area contributed by atoms with E-state index in [4.69, 9.17) is 10.2 Å². The van der Waals surface area contributed by atoms with Crippen LogP contribution in [0.15, 0.2) is 22.6 Å². The molecule has 0 aromatic carbocycles. The molecule has 1 aliphatic heterocycles. The van der Waals surface area contributed by atoms with Crippen LogP contribution >= 0.6 is 0 Å². The van der Waals surface area contributed by atoms with Crippen LogP contribution in [0, 0.1) is 0 Å². The Kier molecular flexibility index (Phi) is 6.11. The molecular formula is C9H10FN3O5. The van der Waals surface area contributed by atoms with Crippen molar-refractivity contribution < 1.29 is 29.0 Å². The van der Waals surface area contributed by atoms with Gasteiger partial charge < -0.3 is 15.5 Å². The SMILES string of the molecule is C=CCO.O=C=NC1=NC(=O)NCC1(F)C(=O)O. The van der Waals surface area contributed by atoms with E-state index in [1.807, 2.05) is 5.32 Å². The van der Waals surface area contributed by atoms with Gasteiger partial charge in [-0.25, -0.2) is 18.8 Å². The molecule has 0 aliphatic carbocycles. The third-order valence-electron chi connectivity index (χ3n) is 1.66. The monoisotopic (exact) mass is 259 g/mol. The van der Waals surface area contributed by atoms with E-state index >= 15 is 0 Å². The number of halogens is 1. The molecule has 1 atom stereocenters. The number of carboxylic acids is 1. The number of amidine groups is 1. The number of alkyl halides is 1. The summed E-state index contributed by atoms with van der Waals surface area (Å²) in [5.74, 6) is -2.88. The summed E-state index contributed by atoms with van der Waals surface area (Å²) in [5, 5.41) is 18.1. The average Bonchev–Trinajstić information content (AvgIpc) is 2.34. The van der Waals surface area contributed by atoms with Crippen LogP contribution in [0.3, 0.4) is 0 Å². The molecule has 0 saturated carbocycles. The third-order valence-corrected chi connectivity index (χ3v) is 1.66. The molecule has 1 rings (SSSR count). The smallest absolute Gasteiger partial charge is 0.351 e. The Hall–Kier alpha value is -2.38. The number of carbonyl (C=O) groups excluding carboxylic acids is 2. The maximum absolute atomic E-state index is 13.5.